The number of rotatable bonds is 5. The lowest BCUT2D eigenvalue weighted by Crippen LogP contribution is -2.53. The van der Waals surface area contributed by atoms with E-state index >= 15 is 4.79 Å². The molecule has 6 atom stereocenters. The summed E-state index contributed by atoms with van der Waals surface area (Å²) in [6.07, 6.45) is 2.50. The Morgan fingerprint density at radius 1 is 0.886 bits per heavy atom. The highest BCUT2D eigenvalue weighted by Crippen LogP contribution is 2.65. The second-order valence-electron chi connectivity index (χ2n) is 12.2. The van der Waals surface area contributed by atoms with Crippen molar-refractivity contribution in [2.45, 2.75) is 31.1 Å². The largest absolute Gasteiger partial charge is 0.504 e. The molecule has 2 heterocycles. The van der Waals surface area contributed by atoms with Crippen molar-refractivity contribution in [2.75, 3.05) is 19.6 Å². The van der Waals surface area contributed by atoms with Crippen LogP contribution in [0.15, 0.2) is 84.4 Å². The number of amides is 4. The minimum atomic E-state index is -1.45. The molecule has 0 unspecified atom stereocenters. The number of aromatic hydroxyl groups is 1. The number of aryl methyl sites for hydroxylation is 1. The quantitative estimate of drug-likeness (QED) is 0.335. The monoisotopic (exact) mass is 591 g/mol. The van der Waals surface area contributed by atoms with Crippen LogP contribution in [0.1, 0.15) is 35.4 Å². The van der Waals surface area contributed by atoms with Gasteiger partial charge in [0.1, 0.15) is 0 Å². The molecule has 44 heavy (non-hydrogen) atoms. The third-order valence-electron chi connectivity index (χ3n) is 10.2. The van der Waals surface area contributed by atoms with E-state index in [0.29, 0.717) is 23.2 Å². The van der Waals surface area contributed by atoms with Crippen molar-refractivity contribution < 1.29 is 29.0 Å². The molecule has 0 spiro atoms. The number of hydrogen-bond donors (Lipinski definition) is 2. The molecule has 2 aliphatic heterocycles. The molecule has 2 N–H and O–H groups in total. The number of carbonyl (C=O) groups excluding carboxylic acids is 4. The first kappa shape index (κ1) is 27.9. The number of hydrazine groups is 1. The van der Waals surface area contributed by atoms with Gasteiger partial charge in [0.25, 0.3) is 11.8 Å². The van der Waals surface area contributed by atoms with Crippen LogP contribution in [0, 0.1) is 30.6 Å². The standard InChI is InChI=1S/C35H33N3O6/c1-19-12-14-21(15-13-19)36-38-32(41)26-18-25-22(16-17-23-28(25)33(42)37(2)31(23)40)29(24-10-7-11-27(44-3)30(24)39)35(26,34(38)43)20-8-5-4-6-9-20/h4-16,23,25-26,28-29,36,39H,17-18H2,1-3H3/t23-,25+,26-,28-,29+,35+/m0/s1. The summed E-state index contributed by atoms with van der Waals surface area (Å²) in [4.78, 5) is 57.4. The topological polar surface area (TPSA) is 116 Å². The van der Waals surface area contributed by atoms with E-state index in [-0.39, 0.29) is 29.7 Å². The molecular formula is C35H33N3O6. The Labute approximate surface area is 255 Å². The van der Waals surface area contributed by atoms with Gasteiger partial charge in [-0.2, -0.15) is 5.01 Å². The lowest BCUT2D eigenvalue weighted by molar-refractivity contribution is -0.140. The average molecular weight is 592 g/mol. The Hall–Kier alpha value is -4.92. The molecule has 2 aliphatic carbocycles. The zero-order chi connectivity index (χ0) is 30.9. The molecule has 0 bridgehead atoms. The number of likely N-dealkylation sites (tertiary alicyclic amines) is 1. The Morgan fingerprint density at radius 2 is 1.61 bits per heavy atom. The number of imide groups is 2. The first-order valence-electron chi connectivity index (χ1n) is 14.8. The molecule has 4 amide bonds. The summed E-state index contributed by atoms with van der Waals surface area (Å²) in [5.41, 5.74) is 5.08. The fourth-order valence-electron chi connectivity index (χ4n) is 8.19. The van der Waals surface area contributed by atoms with Gasteiger partial charge >= 0.3 is 0 Å². The van der Waals surface area contributed by atoms with Gasteiger partial charge in [0.05, 0.1) is 36.0 Å². The van der Waals surface area contributed by atoms with Crippen LogP contribution in [0.4, 0.5) is 5.69 Å². The molecule has 9 nitrogen and oxygen atoms in total. The van der Waals surface area contributed by atoms with Crippen LogP contribution in [0.3, 0.4) is 0 Å². The summed E-state index contributed by atoms with van der Waals surface area (Å²) in [5.74, 6) is -4.64. The van der Waals surface area contributed by atoms with Crippen LogP contribution in [0.5, 0.6) is 11.5 Å². The maximum Gasteiger partial charge on any atom is 0.260 e. The highest BCUT2D eigenvalue weighted by molar-refractivity contribution is 6.13. The number of carbonyl (C=O) groups is 4. The van der Waals surface area contributed by atoms with Gasteiger partial charge in [0, 0.05) is 18.5 Å². The van der Waals surface area contributed by atoms with Gasteiger partial charge in [0.15, 0.2) is 11.5 Å². The maximum atomic E-state index is 15.0. The number of phenolic OH excluding ortho intramolecular Hbond substituents is 1. The maximum absolute atomic E-state index is 15.0. The molecule has 1 saturated carbocycles. The Kier molecular flexibility index (Phi) is 6.39. The van der Waals surface area contributed by atoms with Crippen LogP contribution in [-0.4, -0.2) is 52.8 Å². The summed E-state index contributed by atoms with van der Waals surface area (Å²) in [7, 11) is 2.96. The second-order valence-corrected chi connectivity index (χ2v) is 12.2. The highest BCUT2D eigenvalue weighted by atomic mass is 16.5. The van der Waals surface area contributed by atoms with Gasteiger partial charge in [-0.15, -0.1) is 0 Å². The number of nitrogens with zero attached hydrogens (tertiary/aromatic N) is 2. The molecule has 3 aromatic carbocycles. The van der Waals surface area contributed by atoms with Crippen LogP contribution >= 0.6 is 0 Å². The summed E-state index contributed by atoms with van der Waals surface area (Å²) in [6, 6.07) is 21.8. The van der Waals surface area contributed by atoms with Crippen LogP contribution in [0.25, 0.3) is 0 Å². The summed E-state index contributed by atoms with van der Waals surface area (Å²) < 4.78 is 5.49. The fraction of sp³-hybridized carbons (Fsp3) is 0.314. The molecular weight excluding hydrogens is 558 g/mol. The second kappa shape index (κ2) is 10.1. The molecule has 3 aromatic rings. The van der Waals surface area contributed by atoms with Crippen LogP contribution in [0.2, 0.25) is 0 Å². The number of anilines is 1. The normalized spacial score (nSPS) is 29.2. The van der Waals surface area contributed by atoms with Crippen molar-refractivity contribution in [3.63, 3.8) is 0 Å². The summed E-state index contributed by atoms with van der Waals surface area (Å²) >= 11 is 0. The lowest BCUT2D eigenvalue weighted by Gasteiger charge is -2.50. The predicted molar refractivity (Wildman–Crippen MR) is 161 cm³/mol. The van der Waals surface area contributed by atoms with E-state index in [1.807, 2.05) is 67.6 Å². The van der Waals surface area contributed by atoms with Gasteiger partial charge in [-0.3, -0.25) is 29.5 Å². The summed E-state index contributed by atoms with van der Waals surface area (Å²) in [6.45, 7) is 1.95. The lowest BCUT2D eigenvalue weighted by atomic mass is 9.49. The van der Waals surface area contributed by atoms with Crippen LogP contribution < -0.4 is 10.2 Å². The first-order chi connectivity index (χ1) is 21.2. The molecule has 7 rings (SSSR count). The van der Waals surface area contributed by atoms with E-state index in [9.17, 15) is 19.5 Å². The third-order valence-corrected chi connectivity index (χ3v) is 10.2. The molecule has 0 radical (unpaired) electrons. The van der Waals surface area contributed by atoms with E-state index < -0.39 is 46.8 Å². The molecule has 224 valence electrons. The molecule has 3 fully saturated rings. The number of nitrogens with one attached hydrogen (secondary N) is 1. The van der Waals surface area contributed by atoms with Crippen molar-refractivity contribution in [1.29, 1.82) is 0 Å². The number of para-hydroxylation sites is 1. The number of benzene rings is 3. The number of allylic oxidation sites excluding steroid dienone is 2. The Morgan fingerprint density at radius 3 is 2.32 bits per heavy atom. The molecule has 2 saturated heterocycles. The minimum Gasteiger partial charge on any atom is -0.504 e. The first-order valence-corrected chi connectivity index (χ1v) is 14.8. The van der Waals surface area contributed by atoms with Gasteiger partial charge in [-0.05, 0) is 49.4 Å². The SMILES string of the molecule is COc1cccc([C@H]2C3=CC[C@@H]4C(=O)N(C)C(=O)[C@@H]4[C@@H]3C[C@H]3C(=O)N(Nc4ccc(C)cc4)C(=O)[C@@]23c2ccccc2)c1O. The molecule has 9 heteroatoms. The number of ether oxygens (including phenoxy) is 1. The van der Waals surface area contributed by atoms with E-state index in [2.05, 4.69) is 5.43 Å². The minimum absolute atomic E-state index is 0.131. The average Bonchev–Trinajstić information content (AvgIpc) is 3.39. The van der Waals surface area contributed by atoms with Crippen LogP contribution in [-0.2, 0) is 24.6 Å². The smallest absolute Gasteiger partial charge is 0.260 e. The Balaban J connectivity index is 1.49. The predicted octanol–water partition coefficient (Wildman–Crippen LogP) is 4.32. The van der Waals surface area contributed by atoms with Gasteiger partial charge in [0.2, 0.25) is 11.8 Å². The van der Waals surface area contributed by atoms with E-state index in [1.54, 1.807) is 18.2 Å². The van der Waals surface area contributed by atoms with E-state index in [0.717, 1.165) is 16.1 Å². The number of phenols is 1. The van der Waals surface area contributed by atoms with Crippen molar-refractivity contribution >= 4 is 29.3 Å². The number of fused-ring (bicyclic) bond motifs is 4. The highest BCUT2D eigenvalue weighted by Gasteiger charge is 2.70. The molecule has 0 aromatic heterocycles. The van der Waals surface area contributed by atoms with Crippen molar-refractivity contribution in [3.05, 3.63) is 101 Å². The zero-order valence-electron chi connectivity index (χ0n) is 24.7. The third kappa shape index (κ3) is 3.71. The van der Waals surface area contributed by atoms with Crippen molar-refractivity contribution in [2.24, 2.45) is 23.7 Å². The van der Waals surface area contributed by atoms with E-state index in [1.165, 1.54) is 19.1 Å². The zero-order valence-corrected chi connectivity index (χ0v) is 24.7. The fourth-order valence-corrected chi connectivity index (χ4v) is 8.19. The van der Waals surface area contributed by atoms with Gasteiger partial charge < -0.3 is 9.84 Å². The molecule has 4 aliphatic rings. The number of hydrogen-bond acceptors (Lipinski definition) is 7. The Bertz CT molecular complexity index is 1730. The van der Waals surface area contributed by atoms with Gasteiger partial charge in [-0.1, -0.05) is 71.8 Å². The summed E-state index contributed by atoms with van der Waals surface area (Å²) in [5, 5.41) is 12.7. The van der Waals surface area contributed by atoms with Crippen molar-refractivity contribution in [3.8, 4) is 11.5 Å². The number of methoxy groups -OCH3 is 1. The van der Waals surface area contributed by atoms with Gasteiger partial charge in [-0.25, -0.2) is 0 Å². The van der Waals surface area contributed by atoms with Crippen molar-refractivity contribution in [1.82, 2.24) is 9.91 Å². The van der Waals surface area contributed by atoms with E-state index in [4.69, 9.17) is 4.74 Å².